The van der Waals surface area contributed by atoms with E-state index in [1.807, 2.05) is 31.2 Å². The Morgan fingerprint density at radius 3 is 2.39 bits per heavy atom. The van der Waals surface area contributed by atoms with Gasteiger partial charge in [0.15, 0.2) is 4.90 Å². The topological polar surface area (TPSA) is 134 Å². The van der Waals surface area contributed by atoms with Gasteiger partial charge in [-0.1, -0.05) is 12.1 Å². The molecule has 0 atom stereocenters. The highest BCUT2D eigenvalue weighted by Gasteiger charge is 2.24. The zero-order valence-electron chi connectivity index (χ0n) is 16.6. The van der Waals surface area contributed by atoms with Crippen molar-refractivity contribution < 1.29 is 22.8 Å². The molecular formula is C20H20N4O6S. The fourth-order valence-electron chi connectivity index (χ4n) is 2.68. The van der Waals surface area contributed by atoms with Gasteiger partial charge in [0.1, 0.15) is 12.4 Å². The zero-order chi connectivity index (χ0) is 22.3. The number of benzene rings is 2. The molecule has 1 N–H and O–H groups in total. The molecule has 10 nitrogen and oxygen atoms in total. The van der Waals surface area contributed by atoms with Crippen molar-refractivity contribution in [2.24, 2.45) is 0 Å². The predicted octanol–water partition coefficient (Wildman–Crippen LogP) is 2.81. The van der Waals surface area contributed by atoms with E-state index in [9.17, 15) is 18.5 Å². The molecule has 0 spiro atoms. The van der Waals surface area contributed by atoms with Crippen LogP contribution in [0.2, 0.25) is 0 Å². The summed E-state index contributed by atoms with van der Waals surface area (Å²) in [7, 11) is -4.06. The van der Waals surface area contributed by atoms with Crippen molar-refractivity contribution >= 4 is 15.7 Å². The summed E-state index contributed by atoms with van der Waals surface area (Å²) >= 11 is 0. The summed E-state index contributed by atoms with van der Waals surface area (Å²) in [4.78, 5) is 9.88. The molecule has 0 bridgehead atoms. The van der Waals surface area contributed by atoms with Gasteiger partial charge in [-0.15, -0.1) is 10.2 Å². The normalized spacial score (nSPS) is 11.1. The molecule has 0 radical (unpaired) electrons. The van der Waals surface area contributed by atoms with Crippen LogP contribution in [0.5, 0.6) is 11.6 Å². The molecule has 0 saturated heterocycles. The molecule has 2 aromatic carbocycles. The van der Waals surface area contributed by atoms with E-state index < -0.39 is 25.5 Å². The second kappa shape index (κ2) is 9.96. The van der Waals surface area contributed by atoms with Gasteiger partial charge >= 0.3 is 0 Å². The minimum Gasteiger partial charge on any atom is -0.494 e. The van der Waals surface area contributed by atoms with Gasteiger partial charge in [0.2, 0.25) is 15.9 Å². The lowest BCUT2D eigenvalue weighted by Gasteiger charge is -2.08. The highest BCUT2D eigenvalue weighted by atomic mass is 32.2. The van der Waals surface area contributed by atoms with Crippen molar-refractivity contribution in [3.63, 3.8) is 0 Å². The van der Waals surface area contributed by atoms with Crippen LogP contribution in [0.3, 0.4) is 0 Å². The second-order valence-electron chi connectivity index (χ2n) is 6.19. The monoisotopic (exact) mass is 444 g/mol. The fourth-order valence-corrected chi connectivity index (χ4v) is 3.87. The highest BCUT2D eigenvalue weighted by molar-refractivity contribution is 7.89. The van der Waals surface area contributed by atoms with Gasteiger partial charge in [0.05, 0.1) is 17.2 Å². The van der Waals surface area contributed by atoms with Crippen LogP contribution >= 0.6 is 0 Å². The Labute approximate surface area is 179 Å². The van der Waals surface area contributed by atoms with E-state index in [1.54, 1.807) is 12.1 Å². The molecule has 0 amide bonds. The standard InChI is InChI=1S/C20H20N4O6S/c1-2-29-16-9-7-15(8-10-16)17-11-12-20(23-22-17)30-14-13-21-31(27,28)19-6-4-3-5-18(19)24(25)26/h3-12,21H,2,13-14H2,1H3. The predicted molar refractivity (Wildman–Crippen MR) is 112 cm³/mol. The van der Waals surface area contributed by atoms with Gasteiger partial charge < -0.3 is 9.47 Å². The molecule has 0 unspecified atom stereocenters. The summed E-state index contributed by atoms with van der Waals surface area (Å²) in [6.45, 7) is 2.37. The molecule has 0 aliphatic heterocycles. The number of hydrogen-bond acceptors (Lipinski definition) is 8. The van der Waals surface area contributed by atoms with Crippen LogP contribution in [-0.4, -0.2) is 43.3 Å². The van der Waals surface area contributed by atoms with Gasteiger partial charge in [0.25, 0.3) is 5.69 Å². The summed E-state index contributed by atoms with van der Waals surface area (Å²) in [5.41, 5.74) is 1.01. The Kier molecular flexibility index (Phi) is 7.11. The van der Waals surface area contributed by atoms with Crippen LogP contribution in [-0.2, 0) is 10.0 Å². The molecule has 1 heterocycles. The van der Waals surface area contributed by atoms with Crippen LogP contribution in [0, 0.1) is 10.1 Å². The lowest BCUT2D eigenvalue weighted by Crippen LogP contribution is -2.28. The van der Waals surface area contributed by atoms with Gasteiger partial charge in [-0.2, -0.15) is 0 Å². The van der Waals surface area contributed by atoms with Crippen molar-refractivity contribution in [1.29, 1.82) is 0 Å². The van der Waals surface area contributed by atoms with Gasteiger partial charge in [-0.3, -0.25) is 10.1 Å². The Bertz CT molecular complexity index is 1140. The number of para-hydroxylation sites is 1. The SMILES string of the molecule is CCOc1ccc(-c2ccc(OCCNS(=O)(=O)c3ccccc3[N+](=O)[O-])nn2)cc1. The summed E-state index contributed by atoms with van der Waals surface area (Å²) in [5, 5.41) is 19.1. The summed E-state index contributed by atoms with van der Waals surface area (Å²) in [5.74, 6) is 0.988. The number of hydrogen-bond donors (Lipinski definition) is 1. The molecule has 1 aromatic heterocycles. The van der Waals surface area contributed by atoms with E-state index in [2.05, 4.69) is 14.9 Å². The van der Waals surface area contributed by atoms with Crippen LogP contribution in [0.4, 0.5) is 5.69 Å². The molecule has 162 valence electrons. The first-order chi connectivity index (χ1) is 14.9. The van der Waals surface area contributed by atoms with E-state index >= 15 is 0 Å². The highest BCUT2D eigenvalue weighted by Crippen LogP contribution is 2.23. The molecule has 31 heavy (non-hydrogen) atoms. The van der Waals surface area contributed by atoms with Crippen molar-refractivity contribution in [2.45, 2.75) is 11.8 Å². The Hall–Kier alpha value is -3.57. The maximum absolute atomic E-state index is 12.3. The number of ether oxygens (including phenoxy) is 2. The third-order valence-electron chi connectivity index (χ3n) is 4.10. The van der Waals surface area contributed by atoms with E-state index in [0.717, 1.165) is 17.4 Å². The third kappa shape index (κ3) is 5.74. The minimum absolute atomic E-state index is 0.0308. The zero-order valence-corrected chi connectivity index (χ0v) is 17.4. The summed E-state index contributed by atoms with van der Waals surface area (Å²) in [6, 6.07) is 15.9. The van der Waals surface area contributed by atoms with Crippen LogP contribution < -0.4 is 14.2 Å². The molecule has 0 aliphatic carbocycles. The maximum Gasteiger partial charge on any atom is 0.289 e. The quantitative estimate of drug-likeness (QED) is 0.287. The molecule has 0 saturated carbocycles. The molecular weight excluding hydrogens is 424 g/mol. The second-order valence-corrected chi connectivity index (χ2v) is 7.92. The molecule has 11 heteroatoms. The first-order valence-corrected chi connectivity index (χ1v) is 10.8. The average molecular weight is 444 g/mol. The number of aromatic nitrogens is 2. The smallest absolute Gasteiger partial charge is 0.289 e. The van der Waals surface area contributed by atoms with E-state index in [4.69, 9.17) is 9.47 Å². The van der Waals surface area contributed by atoms with Crippen molar-refractivity contribution in [1.82, 2.24) is 14.9 Å². The Morgan fingerprint density at radius 2 is 1.74 bits per heavy atom. The first-order valence-electron chi connectivity index (χ1n) is 9.33. The van der Waals surface area contributed by atoms with Crippen molar-refractivity contribution in [2.75, 3.05) is 19.8 Å². The number of nitro benzene ring substituents is 1. The van der Waals surface area contributed by atoms with Gasteiger partial charge in [-0.05, 0) is 43.3 Å². The Balaban J connectivity index is 1.55. The summed E-state index contributed by atoms with van der Waals surface area (Å²) in [6.07, 6.45) is 0. The third-order valence-corrected chi connectivity index (χ3v) is 5.61. The fraction of sp³-hybridized carbons (Fsp3) is 0.200. The molecule has 3 rings (SSSR count). The molecule has 0 aliphatic rings. The largest absolute Gasteiger partial charge is 0.494 e. The summed E-state index contributed by atoms with van der Waals surface area (Å²) < 4.78 is 37.7. The number of nitrogens with one attached hydrogen (secondary N) is 1. The number of sulfonamides is 1. The van der Waals surface area contributed by atoms with Crippen LogP contribution in [0.15, 0.2) is 65.6 Å². The maximum atomic E-state index is 12.3. The van der Waals surface area contributed by atoms with E-state index in [-0.39, 0.29) is 19.0 Å². The minimum atomic E-state index is -4.06. The molecule has 3 aromatic rings. The number of nitrogens with zero attached hydrogens (tertiary/aromatic N) is 3. The van der Waals surface area contributed by atoms with Crippen molar-refractivity contribution in [3.05, 3.63) is 70.8 Å². The van der Waals surface area contributed by atoms with Gasteiger partial charge in [0, 0.05) is 24.2 Å². The number of nitro groups is 1. The van der Waals surface area contributed by atoms with E-state index in [1.165, 1.54) is 18.2 Å². The van der Waals surface area contributed by atoms with Crippen LogP contribution in [0.1, 0.15) is 6.92 Å². The first kappa shape index (κ1) is 22.1. The van der Waals surface area contributed by atoms with Gasteiger partial charge in [-0.25, -0.2) is 13.1 Å². The Morgan fingerprint density at radius 1 is 1.00 bits per heavy atom. The molecule has 0 fully saturated rings. The number of rotatable bonds is 10. The lowest BCUT2D eigenvalue weighted by atomic mass is 10.1. The lowest BCUT2D eigenvalue weighted by molar-refractivity contribution is -0.387. The van der Waals surface area contributed by atoms with Crippen molar-refractivity contribution in [3.8, 4) is 22.9 Å². The van der Waals surface area contributed by atoms with E-state index in [0.29, 0.717) is 12.3 Å². The average Bonchev–Trinajstić information content (AvgIpc) is 2.78. The van der Waals surface area contributed by atoms with Crippen LogP contribution in [0.25, 0.3) is 11.3 Å².